The van der Waals surface area contributed by atoms with E-state index < -0.39 is 5.97 Å². The molecule has 0 aliphatic heterocycles. The number of carboxylic acids is 1. The first-order valence-corrected chi connectivity index (χ1v) is 5.44. The van der Waals surface area contributed by atoms with Crippen LogP contribution in [0.25, 0.3) is 0 Å². The minimum atomic E-state index is -0.863. The summed E-state index contributed by atoms with van der Waals surface area (Å²) < 4.78 is 0. The van der Waals surface area contributed by atoms with E-state index in [4.69, 9.17) is 5.11 Å². The summed E-state index contributed by atoms with van der Waals surface area (Å²) in [4.78, 5) is 21.5. The zero-order valence-electron chi connectivity index (χ0n) is 9.75. The largest absolute Gasteiger partial charge is 0.481 e. The molecule has 0 aromatic rings. The molecule has 15 heavy (non-hydrogen) atoms. The Hall–Kier alpha value is -1.06. The number of carbonyl (C=O) groups is 2. The van der Waals surface area contributed by atoms with Crippen LogP contribution in [0.5, 0.6) is 0 Å². The van der Waals surface area contributed by atoms with E-state index in [1.54, 1.807) is 0 Å². The van der Waals surface area contributed by atoms with Crippen molar-refractivity contribution in [2.45, 2.75) is 52.5 Å². The van der Waals surface area contributed by atoms with Crippen LogP contribution in [0.3, 0.4) is 0 Å². The number of carbonyl (C=O) groups excluding carboxylic acids is 1. The lowest BCUT2D eigenvalue weighted by Gasteiger charge is -2.19. The van der Waals surface area contributed by atoms with Gasteiger partial charge in [0.2, 0.25) is 5.91 Å². The topological polar surface area (TPSA) is 66.4 Å². The maximum Gasteiger partial charge on any atom is 0.305 e. The van der Waals surface area contributed by atoms with Gasteiger partial charge in [-0.25, -0.2) is 0 Å². The Balaban J connectivity index is 4.10. The number of hydrogen-bond donors (Lipinski definition) is 2. The Morgan fingerprint density at radius 2 is 2.00 bits per heavy atom. The highest BCUT2D eigenvalue weighted by molar-refractivity contribution is 5.74. The highest BCUT2D eigenvalue weighted by Crippen LogP contribution is 2.14. The van der Waals surface area contributed by atoms with Gasteiger partial charge in [0, 0.05) is 13.0 Å². The van der Waals surface area contributed by atoms with E-state index in [1.165, 1.54) is 6.92 Å². The maximum absolute atomic E-state index is 10.9. The van der Waals surface area contributed by atoms with Crippen LogP contribution in [0.15, 0.2) is 0 Å². The fraction of sp³-hybridized carbons (Fsp3) is 0.818. The number of nitrogens with one attached hydrogen (secondary N) is 1. The van der Waals surface area contributed by atoms with Crippen molar-refractivity contribution in [3.05, 3.63) is 0 Å². The molecule has 0 aromatic heterocycles. The number of carboxylic acid groups (broad SMARTS) is 1. The van der Waals surface area contributed by atoms with Crippen molar-refractivity contribution in [1.82, 2.24) is 5.32 Å². The van der Waals surface area contributed by atoms with Crippen molar-refractivity contribution in [3.63, 3.8) is 0 Å². The molecule has 0 radical (unpaired) electrons. The summed E-state index contributed by atoms with van der Waals surface area (Å²) in [7, 11) is 0. The number of rotatable bonds is 7. The Labute approximate surface area is 91.1 Å². The molecule has 88 valence electrons. The molecule has 1 amide bonds. The van der Waals surface area contributed by atoms with Crippen molar-refractivity contribution >= 4 is 11.9 Å². The van der Waals surface area contributed by atoms with Gasteiger partial charge in [-0.2, -0.15) is 0 Å². The van der Waals surface area contributed by atoms with Crippen molar-refractivity contribution in [3.8, 4) is 0 Å². The average molecular weight is 215 g/mol. The van der Waals surface area contributed by atoms with Gasteiger partial charge < -0.3 is 10.4 Å². The zero-order valence-corrected chi connectivity index (χ0v) is 9.75. The van der Waals surface area contributed by atoms with Gasteiger partial charge in [0.1, 0.15) is 0 Å². The van der Waals surface area contributed by atoms with Crippen LogP contribution in [0, 0.1) is 5.92 Å². The Morgan fingerprint density at radius 1 is 1.40 bits per heavy atom. The molecule has 0 saturated heterocycles. The monoisotopic (exact) mass is 215 g/mol. The van der Waals surface area contributed by atoms with Gasteiger partial charge in [0.05, 0.1) is 6.42 Å². The molecule has 4 heteroatoms. The second kappa shape index (κ2) is 7.26. The smallest absolute Gasteiger partial charge is 0.305 e. The zero-order chi connectivity index (χ0) is 11.8. The summed E-state index contributed by atoms with van der Waals surface area (Å²) in [5.41, 5.74) is 0. The Bertz CT molecular complexity index is 200. The molecule has 0 rings (SSSR count). The molecular weight excluding hydrogens is 194 g/mol. The molecule has 2 unspecified atom stereocenters. The average Bonchev–Trinajstić information content (AvgIpc) is 2.00. The van der Waals surface area contributed by atoms with Crippen LogP contribution < -0.4 is 5.32 Å². The Morgan fingerprint density at radius 3 is 2.40 bits per heavy atom. The first-order valence-electron chi connectivity index (χ1n) is 5.44. The third kappa shape index (κ3) is 7.97. The van der Waals surface area contributed by atoms with E-state index in [1.807, 2.05) is 0 Å². The van der Waals surface area contributed by atoms with Gasteiger partial charge in [-0.15, -0.1) is 0 Å². The molecular formula is C11H21NO3. The van der Waals surface area contributed by atoms with Crippen molar-refractivity contribution < 1.29 is 14.7 Å². The van der Waals surface area contributed by atoms with Crippen LogP contribution in [0.4, 0.5) is 0 Å². The van der Waals surface area contributed by atoms with Gasteiger partial charge >= 0.3 is 5.97 Å². The molecule has 0 heterocycles. The van der Waals surface area contributed by atoms with Crippen LogP contribution in [0.1, 0.15) is 46.5 Å². The standard InChI is InChI=1S/C11H21NO3/c1-4-5-8(2)6-10(7-11(14)15)12-9(3)13/h8,10H,4-7H2,1-3H3,(H,12,13)(H,14,15). The summed E-state index contributed by atoms with van der Waals surface area (Å²) in [6.07, 6.45) is 2.89. The fourth-order valence-corrected chi connectivity index (χ4v) is 1.79. The predicted molar refractivity (Wildman–Crippen MR) is 58.5 cm³/mol. The van der Waals surface area contributed by atoms with E-state index in [0.717, 1.165) is 19.3 Å². The molecule has 0 aromatic carbocycles. The van der Waals surface area contributed by atoms with Crippen LogP contribution in [-0.2, 0) is 9.59 Å². The van der Waals surface area contributed by atoms with Crippen molar-refractivity contribution in [1.29, 1.82) is 0 Å². The molecule has 0 saturated carbocycles. The van der Waals surface area contributed by atoms with Crippen LogP contribution in [-0.4, -0.2) is 23.0 Å². The van der Waals surface area contributed by atoms with Crippen molar-refractivity contribution in [2.24, 2.45) is 5.92 Å². The fourth-order valence-electron chi connectivity index (χ4n) is 1.79. The molecule has 2 atom stereocenters. The highest BCUT2D eigenvalue weighted by Gasteiger charge is 2.16. The maximum atomic E-state index is 10.9. The van der Waals surface area contributed by atoms with E-state index >= 15 is 0 Å². The highest BCUT2D eigenvalue weighted by atomic mass is 16.4. The van der Waals surface area contributed by atoms with E-state index in [9.17, 15) is 9.59 Å². The minimum absolute atomic E-state index is 0.00757. The van der Waals surface area contributed by atoms with Gasteiger partial charge in [-0.3, -0.25) is 9.59 Å². The van der Waals surface area contributed by atoms with Gasteiger partial charge in [-0.1, -0.05) is 26.7 Å². The van der Waals surface area contributed by atoms with E-state index in [-0.39, 0.29) is 18.4 Å². The summed E-state index contributed by atoms with van der Waals surface area (Å²) >= 11 is 0. The molecule has 0 bridgehead atoms. The summed E-state index contributed by atoms with van der Waals surface area (Å²) in [5, 5.41) is 11.4. The molecule has 4 nitrogen and oxygen atoms in total. The molecule has 0 aliphatic rings. The molecule has 0 aliphatic carbocycles. The molecule has 0 spiro atoms. The normalized spacial score (nSPS) is 14.3. The number of amides is 1. The quantitative estimate of drug-likeness (QED) is 0.680. The van der Waals surface area contributed by atoms with Crippen molar-refractivity contribution in [2.75, 3.05) is 0 Å². The lowest BCUT2D eigenvalue weighted by molar-refractivity contribution is -0.137. The van der Waals surface area contributed by atoms with Gasteiger partial charge in [0.15, 0.2) is 0 Å². The van der Waals surface area contributed by atoms with Crippen LogP contribution >= 0.6 is 0 Å². The lowest BCUT2D eigenvalue weighted by atomic mass is 9.95. The molecule has 0 fully saturated rings. The first kappa shape index (κ1) is 13.9. The Kier molecular flexibility index (Phi) is 6.75. The van der Waals surface area contributed by atoms with Gasteiger partial charge in [-0.05, 0) is 12.3 Å². The second-order valence-corrected chi connectivity index (χ2v) is 4.12. The first-order chi connectivity index (χ1) is 6.95. The van der Waals surface area contributed by atoms with Crippen LogP contribution in [0.2, 0.25) is 0 Å². The predicted octanol–water partition coefficient (Wildman–Crippen LogP) is 1.79. The minimum Gasteiger partial charge on any atom is -0.481 e. The lowest BCUT2D eigenvalue weighted by Crippen LogP contribution is -2.36. The van der Waals surface area contributed by atoms with Gasteiger partial charge in [0.25, 0.3) is 0 Å². The summed E-state index contributed by atoms with van der Waals surface area (Å²) in [6.45, 7) is 5.60. The third-order valence-corrected chi connectivity index (χ3v) is 2.30. The second-order valence-electron chi connectivity index (χ2n) is 4.12. The summed E-state index contributed by atoms with van der Waals surface area (Å²) in [6, 6.07) is -0.235. The molecule has 2 N–H and O–H groups in total. The number of aliphatic carboxylic acids is 1. The SMILES string of the molecule is CCCC(C)CC(CC(=O)O)NC(C)=O. The number of hydrogen-bond acceptors (Lipinski definition) is 2. The third-order valence-electron chi connectivity index (χ3n) is 2.30. The van der Waals surface area contributed by atoms with E-state index in [2.05, 4.69) is 19.2 Å². The van der Waals surface area contributed by atoms with E-state index in [0.29, 0.717) is 5.92 Å². The summed E-state index contributed by atoms with van der Waals surface area (Å²) in [5.74, 6) is -0.575.